The summed E-state index contributed by atoms with van der Waals surface area (Å²) in [6.45, 7) is 3.65. The average molecular weight is 318 g/mol. The van der Waals surface area contributed by atoms with Gasteiger partial charge in [0.15, 0.2) is 5.76 Å². The molecular weight excluding hydrogens is 300 g/mol. The predicted molar refractivity (Wildman–Crippen MR) is 73.3 cm³/mol. The van der Waals surface area contributed by atoms with E-state index in [-0.39, 0.29) is 18.1 Å². The van der Waals surface area contributed by atoms with E-state index in [0.717, 1.165) is 6.07 Å². The van der Waals surface area contributed by atoms with Crippen LogP contribution in [-0.4, -0.2) is 38.5 Å². The van der Waals surface area contributed by atoms with E-state index in [4.69, 9.17) is 9.52 Å². The lowest BCUT2D eigenvalue weighted by molar-refractivity contribution is -0.139. The van der Waals surface area contributed by atoms with Crippen LogP contribution in [0.5, 0.6) is 0 Å². The highest BCUT2D eigenvalue weighted by atomic mass is 32.2. The number of carbonyl (C=O) groups is 2. The first-order valence-corrected chi connectivity index (χ1v) is 7.72. The van der Waals surface area contributed by atoms with Crippen LogP contribution in [0.1, 0.15) is 30.8 Å². The first kappa shape index (κ1) is 17.2. The van der Waals surface area contributed by atoms with Gasteiger partial charge in [-0.2, -0.15) is 0 Å². The van der Waals surface area contributed by atoms with Crippen LogP contribution in [0.4, 0.5) is 0 Å². The summed E-state index contributed by atoms with van der Waals surface area (Å²) in [5.74, 6) is -2.13. The predicted octanol–water partition coefficient (Wildman–Crippen LogP) is 0.417. The van der Waals surface area contributed by atoms with E-state index in [0.29, 0.717) is 0 Å². The molecule has 1 aromatic heterocycles. The smallest absolute Gasteiger partial charge is 0.326 e. The number of aliphatic carboxylic acids is 1. The molecule has 0 spiro atoms. The molecule has 3 N–H and O–H groups in total. The fourth-order valence-corrected chi connectivity index (χ4v) is 2.26. The summed E-state index contributed by atoms with van der Waals surface area (Å²) in [6, 6.07) is 1.24. The molecule has 0 saturated heterocycles. The van der Waals surface area contributed by atoms with Gasteiger partial charge in [0.25, 0.3) is 15.9 Å². The quantitative estimate of drug-likeness (QED) is 0.669. The molecule has 21 heavy (non-hydrogen) atoms. The molecule has 0 unspecified atom stereocenters. The highest BCUT2D eigenvalue weighted by Crippen LogP contribution is 2.14. The van der Waals surface area contributed by atoms with Crippen LogP contribution in [-0.2, 0) is 14.8 Å². The molecule has 0 bridgehead atoms. The molecule has 9 heteroatoms. The molecule has 1 aromatic rings. The Morgan fingerprint density at radius 3 is 2.43 bits per heavy atom. The number of furan rings is 1. The van der Waals surface area contributed by atoms with E-state index in [2.05, 4.69) is 5.32 Å². The number of amides is 1. The standard InChI is InChI=1S/C12H18N2O6S/c1-7(2)6-8(12(16)17)14-11(15)9-4-5-10(20-9)21(18,19)13-3/h4-5,7-8,13H,6H2,1-3H3,(H,14,15)(H,16,17)/t8-/m0/s1. The Hall–Kier alpha value is -1.87. The van der Waals surface area contributed by atoms with Crippen LogP contribution in [0.2, 0.25) is 0 Å². The van der Waals surface area contributed by atoms with Gasteiger partial charge in [-0.05, 0) is 31.5 Å². The molecule has 0 saturated carbocycles. The van der Waals surface area contributed by atoms with E-state index in [1.807, 2.05) is 18.6 Å². The second-order valence-electron chi connectivity index (χ2n) is 4.82. The molecule has 0 aliphatic rings. The third-order valence-corrected chi connectivity index (χ3v) is 3.94. The Morgan fingerprint density at radius 2 is 1.95 bits per heavy atom. The topological polar surface area (TPSA) is 126 Å². The number of sulfonamides is 1. The molecule has 0 aliphatic heterocycles. The minimum atomic E-state index is -3.79. The molecular formula is C12H18N2O6S. The summed E-state index contributed by atoms with van der Waals surface area (Å²) >= 11 is 0. The lowest BCUT2D eigenvalue weighted by Crippen LogP contribution is -2.41. The number of rotatable bonds is 7. The summed E-state index contributed by atoms with van der Waals surface area (Å²) in [4.78, 5) is 22.9. The van der Waals surface area contributed by atoms with E-state index >= 15 is 0 Å². The molecule has 1 heterocycles. The number of carboxylic acid groups (broad SMARTS) is 1. The third kappa shape index (κ3) is 4.57. The molecule has 118 valence electrons. The number of carbonyl (C=O) groups excluding carboxylic acids is 1. The summed E-state index contributed by atoms with van der Waals surface area (Å²) in [7, 11) is -2.58. The van der Waals surface area contributed by atoms with Gasteiger partial charge in [-0.1, -0.05) is 13.8 Å². The maximum atomic E-state index is 11.9. The maximum Gasteiger partial charge on any atom is 0.326 e. The Labute approximate surface area is 122 Å². The van der Waals surface area contributed by atoms with Gasteiger partial charge in [-0.15, -0.1) is 0 Å². The van der Waals surface area contributed by atoms with Gasteiger partial charge in [0, 0.05) is 0 Å². The van der Waals surface area contributed by atoms with Crippen LogP contribution in [0.25, 0.3) is 0 Å². The van der Waals surface area contributed by atoms with Gasteiger partial charge >= 0.3 is 5.97 Å². The van der Waals surface area contributed by atoms with Gasteiger partial charge < -0.3 is 14.8 Å². The van der Waals surface area contributed by atoms with Crippen molar-refractivity contribution in [2.75, 3.05) is 7.05 Å². The lowest BCUT2D eigenvalue weighted by Gasteiger charge is -2.15. The summed E-state index contributed by atoms with van der Waals surface area (Å²) in [5.41, 5.74) is 0. The molecule has 8 nitrogen and oxygen atoms in total. The van der Waals surface area contributed by atoms with E-state index in [1.54, 1.807) is 0 Å². The van der Waals surface area contributed by atoms with Gasteiger partial charge in [0.2, 0.25) is 5.09 Å². The molecule has 1 atom stereocenters. The summed E-state index contributed by atoms with van der Waals surface area (Å²) < 4.78 is 29.9. The van der Waals surface area contributed by atoms with Crippen molar-refractivity contribution in [1.29, 1.82) is 0 Å². The van der Waals surface area contributed by atoms with Crippen molar-refractivity contribution in [3.8, 4) is 0 Å². The van der Waals surface area contributed by atoms with Crippen molar-refractivity contribution in [2.45, 2.75) is 31.4 Å². The fourth-order valence-electron chi connectivity index (χ4n) is 1.61. The fraction of sp³-hybridized carbons (Fsp3) is 0.500. The zero-order valence-corrected chi connectivity index (χ0v) is 12.7. The third-order valence-electron chi connectivity index (χ3n) is 2.65. The number of carboxylic acids is 1. The van der Waals surface area contributed by atoms with Crippen molar-refractivity contribution >= 4 is 21.9 Å². The summed E-state index contributed by atoms with van der Waals surface area (Å²) in [5, 5.41) is 10.9. The normalized spacial score (nSPS) is 13.1. The lowest BCUT2D eigenvalue weighted by atomic mass is 10.0. The number of hydrogen-bond donors (Lipinski definition) is 3. The maximum absolute atomic E-state index is 11.9. The molecule has 1 rings (SSSR count). The molecule has 0 aliphatic carbocycles. The Bertz CT molecular complexity index is 619. The van der Waals surface area contributed by atoms with Crippen molar-refractivity contribution in [1.82, 2.24) is 10.0 Å². The second kappa shape index (κ2) is 6.72. The van der Waals surface area contributed by atoms with Crippen LogP contribution < -0.4 is 10.0 Å². The minimum absolute atomic E-state index is 0.0724. The van der Waals surface area contributed by atoms with Crippen LogP contribution in [0, 0.1) is 5.92 Å². The first-order valence-electron chi connectivity index (χ1n) is 6.24. The van der Waals surface area contributed by atoms with Gasteiger partial charge in [-0.25, -0.2) is 17.9 Å². The van der Waals surface area contributed by atoms with E-state index in [9.17, 15) is 18.0 Å². The first-order chi connectivity index (χ1) is 9.67. The van der Waals surface area contributed by atoms with Gasteiger partial charge in [-0.3, -0.25) is 4.79 Å². The van der Waals surface area contributed by atoms with Crippen LogP contribution in [0.15, 0.2) is 21.6 Å². The largest absolute Gasteiger partial charge is 0.480 e. The second-order valence-corrected chi connectivity index (χ2v) is 6.64. The molecule has 0 radical (unpaired) electrons. The van der Waals surface area contributed by atoms with E-state index in [1.165, 1.54) is 13.1 Å². The van der Waals surface area contributed by atoms with Crippen molar-refractivity contribution in [2.24, 2.45) is 5.92 Å². The zero-order chi connectivity index (χ0) is 16.2. The monoisotopic (exact) mass is 318 g/mol. The van der Waals surface area contributed by atoms with E-state index < -0.39 is 33.0 Å². The van der Waals surface area contributed by atoms with Crippen molar-refractivity contribution < 1.29 is 27.5 Å². The molecule has 0 fully saturated rings. The Morgan fingerprint density at radius 1 is 1.33 bits per heavy atom. The van der Waals surface area contributed by atoms with Gasteiger partial charge in [0.1, 0.15) is 6.04 Å². The average Bonchev–Trinajstić information content (AvgIpc) is 2.87. The van der Waals surface area contributed by atoms with Crippen LogP contribution >= 0.6 is 0 Å². The Kier molecular flexibility index (Phi) is 5.50. The summed E-state index contributed by atoms with van der Waals surface area (Å²) in [6.07, 6.45) is 0.253. The minimum Gasteiger partial charge on any atom is -0.480 e. The highest BCUT2D eigenvalue weighted by molar-refractivity contribution is 7.89. The zero-order valence-electron chi connectivity index (χ0n) is 11.9. The molecule has 0 aromatic carbocycles. The highest BCUT2D eigenvalue weighted by Gasteiger charge is 2.25. The Balaban J connectivity index is 2.87. The number of nitrogens with one attached hydrogen (secondary N) is 2. The molecule has 1 amide bonds. The SMILES string of the molecule is CNS(=O)(=O)c1ccc(C(=O)N[C@@H](CC(C)C)C(=O)O)o1. The van der Waals surface area contributed by atoms with Crippen molar-refractivity contribution in [3.05, 3.63) is 17.9 Å². The van der Waals surface area contributed by atoms with Gasteiger partial charge in [0.05, 0.1) is 0 Å². The van der Waals surface area contributed by atoms with Crippen LogP contribution in [0.3, 0.4) is 0 Å². The van der Waals surface area contributed by atoms with Crippen molar-refractivity contribution in [3.63, 3.8) is 0 Å². The number of hydrogen-bond acceptors (Lipinski definition) is 5.